The molecule has 142 valence electrons. The first-order valence-electron chi connectivity index (χ1n) is 9.32. The number of nitrogens with zero attached hydrogens (tertiary/aromatic N) is 1. The van der Waals surface area contributed by atoms with E-state index >= 15 is 0 Å². The minimum atomic E-state index is -0.459. The number of carbonyl (C=O) groups is 2. The van der Waals surface area contributed by atoms with Gasteiger partial charge < -0.3 is 9.64 Å². The molecule has 1 heterocycles. The van der Waals surface area contributed by atoms with Crippen LogP contribution in [0.1, 0.15) is 30.4 Å². The van der Waals surface area contributed by atoms with Crippen LogP contribution < -0.4 is 4.90 Å². The Bertz CT molecular complexity index is 1060. The van der Waals surface area contributed by atoms with Crippen molar-refractivity contribution in [1.82, 2.24) is 0 Å². The van der Waals surface area contributed by atoms with Crippen molar-refractivity contribution in [2.45, 2.75) is 19.3 Å². The monoisotopic (exact) mass is 377 g/mol. The third kappa shape index (κ3) is 3.13. The van der Waals surface area contributed by atoms with Gasteiger partial charge in [-0.3, -0.25) is 9.59 Å². The van der Waals surface area contributed by atoms with Gasteiger partial charge in [-0.2, -0.15) is 0 Å². The van der Waals surface area contributed by atoms with Gasteiger partial charge in [-0.25, -0.2) is 4.39 Å². The number of amides is 1. The Kier molecular flexibility index (Phi) is 4.82. The Morgan fingerprint density at radius 2 is 1.86 bits per heavy atom. The summed E-state index contributed by atoms with van der Waals surface area (Å²) in [5.74, 6) is -1.42. The Balaban J connectivity index is 1.91. The van der Waals surface area contributed by atoms with Gasteiger partial charge in [0.2, 0.25) is 5.91 Å². The molecule has 0 saturated heterocycles. The van der Waals surface area contributed by atoms with Crippen LogP contribution in [0.15, 0.2) is 60.7 Å². The minimum absolute atomic E-state index is 0.0986. The van der Waals surface area contributed by atoms with E-state index in [4.69, 9.17) is 4.74 Å². The molecule has 0 bridgehead atoms. The predicted octanol–water partition coefficient (Wildman–Crippen LogP) is 4.41. The van der Waals surface area contributed by atoms with Gasteiger partial charge in [0.15, 0.2) is 0 Å². The van der Waals surface area contributed by atoms with Gasteiger partial charge in [-0.15, -0.1) is 0 Å². The van der Waals surface area contributed by atoms with Crippen molar-refractivity contribution < 1.29 is 18.7 Å². The van der Waals surface area contributed by atoms with Crippen molar-refractivity contribution in [1.29, 1.82) is 0 Å². The van der Waals surface area contributed by atoms with E-state index < -0.39 is 11.9 Å². The highest BCUT2D eigenvalue weighted by atomic mass is 19.1. The van der Waals surface area contributed by atoms with E-state index in [-0.39, 0.29) is 31.3 Å². The molecule has 4 rings (SSSR count). The maximum atomic E-state index is 14.6. The summed E-state index contributed by atoms with van der Waals surface area (Å²) in [6.07, 6.45) is 0.0986. The number of carbonyl (C=O) groups excluding carboxylic acids is 2. The molecule has 1 unspecified atom stereocenters. The molecule has 0 fully saturated rings. The van der Waals surface area contributed by atoms with Crippen molar-refractivity contribution in [3.8, 4) is 0 Å². The predicted molar refractivity (Wildman–Crippen MR) is 106 cm³/mol. The number of fused-ring (bicyclic) bond motifs is 3. The fraction of sp³-hybridized carbons (Fsp3) is 0.217. The SMILES string of the molecule is CCOC(=O)CN1C(=O)CC(c2ccccc2F)c2c1ccc1ccccc21. The van der Waals surface area contributed by atoms with Crippen LogP contribution >= 0.6 is 0 Å². The largest absolute Gasteiger partial charge is 0.465 e. The molecule has 0 aliphatic carbocycles. The van der Waals surface area contributed by atoms with Gasteiger partial charge in [0, 0.05) is 18.0 Å². The maximum Gasteiger partial charge on any atom is 0.326 e. The summed E-state index contributed by atoms with van der Waals surface area (Å²) in [5.41, 5.74) is 1.99. The summed E-state index contributed by atoms with van der Waals surface area (Å²) < 4.78 is 19.6. The van der Waals surface area contributed by atoms with Gasteiger partial charge >= 0.3 is 5.97 Å². The van der Waals surface area contributed by atoms with Crippen LogP contribution in [-0.2, 0) is 14.3 Å². The highest BCUT2D eigenvalue weighted by Crippen LogP contribution is 2.44. The van der Waals surface area contributed by atoms with Crippen molar-refractivity contribution >= 4 is 28.3 Å². The standard InChI is InChI=1S/C23H20FNO3/c1-2-28-22(27)14-25-20-12-11-15-7-3-4-8-16(15)23(20)18(13-21(25)26)17-9-5-6-10-19(17)24/h3-12,18H,2,13-14H2,1H3. The number of ether oxygens (including phenoxy) is 1. The second kappa shape index (κ2) is 7.43. The van der Waals surface area contributed by atoms with E-state index in [0.717, 1.165) is 16.3 Å². The lowest BCUT2D eigenvalue weighted by molar-refractivity contribution is -0.142. The number of halogens is 1. The lowest BCUT2D eigenvalue weighted by Gasteiger charge is -2.35. The number of anilines is 1. The molecule has 28 heavy (non-hydrogen) atoms. The van der Waals surface area contributed by atoms with Gasteiger partial charge in [0.25, 0.3) is 0 Å². The van der Waals surface area contributed by atoms with E-state index in [1.807, 2.05) is 36.4 Å². The second-order valence-corrected chi connectivity index (χ2v) is 6.78. The van der Waals surface area contributed by atoms with Crippen molar-refractivity contribution in [3.63, 3.8) is 0 Å². The number of rotatable bonds is 4. The maximum absolute atomic E-state index is 14.6. The van der Waals surface area contributed by atoms with Crippen molar-refractivity contribution in [2.24, 2.45) is 0 Å². The molecular weight excluding hydrogens is 357 g/mol. The molecule has 1 atom stereocenters. The molecule has 3 aromatic carbocycles. The Morgan fingerprint density at radius 1 is 1.11 bits per heavy atom. The normalized spacial score (nSPS) is 16.1. The fourth-order valence-corrected chi connectivity index (χ4v) is 3.94. The summed E-state index contributed by atoms with van der Waals surface area (Å²) in [4.78, 5) is 26.4. The summed E-state index contributed by atoms with van der Waals surface area (Å²) in [6, 6.07) is 18.1. The average Bonchev–Trinajstić information content (AvgIpc) is 2.70. The quantitative estimate of drug-likeness (QED) is 0.633. The van der Waals surface area contributed by atoms with Crippen LogP contribution in [0.25, 0.3) is 10.8 Å². The lowest BCUT2D eigenvalue weighted by atomic mass is 9.81. The van der Waals surface area contributed by atoms with Crippen molar-refractivity contribution in [3.05, 3.63) is 77.6 Å². The summed E-state index contributed by atoms with van der Waals surface area (Å²) in [7, 11) is 0. The fourth-order valence-electron chi connectivity index (χ4n) is 3.94. The van der Waals surface area contributed by atoms with Crippen LogP contribution in [0, 0.1) is 5.82 Å². The lowest BCUT2D eigenvalue weighted by Crippen LogP contribution is -2.41. The van der Waals surface area contributed by atoms with Crippen LogP contribution in [0.3, 0.4) is 0 Å². The molecule has 1 amide bonds. The number of hydrogen-bond acceptors (Lipinski definition) is 3. The molecule has 0 spiro atoms. The van der Waals surface area contributed by atoms with E-state index in [0.29, 0.717) is 11.3 Å². The molecule has 5 heteroatoms. The van der Waals surface area contributed by atoms with Crippen LogP contribution in [-0.4, -0.2) is 25.0 Å². The topological polar surface area (TPSA) is 46.6 Å². The molecule has 1 aliphatic rings. The molecule has 0 saturated carbocycles. The summed E-state index contributed by atoms with van der Waals surface area (Å²) in [5, 5.41) is 1.96. The van der Waals surface area contributed by atoms with Crippen molar-refractivity contribution in [2.75, 3.05) is 18.1 Å². The molecular formula is C23H20FNO3. The highest BCUT2D eigenvalue weighted by Gasteiger charge is 2.35. The molecule has 4 nitrogen and oxygen atoms in total. The first-order chi connectivity index (χ1) is 13.6. The molecule has 0 N–H and O–H groups in total. The van der Waals surface area contributed by atoms with Gasteiger partial charge in [0.05, 0.1) is 6.61 Å². The Hall–Kier alpha value is -3.21. The summed E-state index contributed by atoms with van der Waals surface area (Å²) >= 11 is 0. The minimum Gasteiger partial charge on any atom is -0.465 e. The van der Waals surface area contributed by atoms with Crippen LogP contribution in [0.4, 0.5) is 10.1 Å². The van der Waals surface area contributed by atoms with E-state index in [1.165, 1.54) is 11.0 Å². The van der Waals surface area contributed by atoms with E-state index in [1.54, 1.807) is 25.1 Å². The van der Waals surface area contributed by atoms with E-state index in [9.17, 15) is 14.0 Å². The smallest absolute Gasteiger partial charge is 0.326 e. The Labute approximate surface area is 162 Å². The summed E-state index contributed by atoms with van der Waals surface area (Å²) in [6.45, 7) is 1.83. The average molecular weight is 377 g/mol. The van der Waals surface area contributed by atoms with Gasteiger partial charge in [0.1, 0.15) is 12.4 Å². The first-order valence-corrected chi connectivity index (χ1v) is 9.32. The van der Waals surface area contributed by atoms with Crippen LogP contribution in [0.2, 0.25) is 0 Å². The second-order valence-electron chi connectivity index (χ2n) is 6.78. The third-order valence-corrected chi connectivity index (χ3v) is 5.14. The number of esters is 1. The molecule has 3 aromatic rings. The highest BCUT2D eigenvalue weighted by molar-refractivity contribution is 6.05. The molecule has 0 aromatic heterocycles. The zero-order valence-electron chi connectivity index (χ0n) is 15.5. The number of hydrogen-bond donors (Lipinski definition) is 0. The molecule has 0 radical (unpaired) electrons. The first kappa shape index (κ1) is 18.2. The molecule has 1 aliphatic heterocycles. The third-order valence-electron chi connectivity index (χ3n) is 5.14. The zero-order valence-corrected chi connectivity index (χ0v) is 15.5. The van der Waals surface area contributed by atoms with Gasteiger partial charge in [-0.05, 0) is 41.0 Å². The van der Waals surface area contributed by atoms with E-state index in [2.05, 4.69) is 0 Å². The van der Waals surface area contributed by atoms with Gasteiger partial charge in [-0.1, -0.05) is 48.5 Å². The zero-order chi connectivity index (χ0) is 19.7. The van der Waals surface area contributed by atoms with Crippen LogP contribution in [0.5, 0.6) is 0 Å². The Morgan fingerprint density at radius 3 is 2.64 bits per heavy atom. The number of benzene rings is 3.